The Hall–Kier alpha value is -2.56. The van der Waals surface area contributed by atoms with E-state index in [0.717, 1.165) is 0 Å². The van der Waals surface area contributed by atoms with Crippen LogP contribution in [0.2, 0.25) is 0 Å². The second-order valence-corrected chi connectivity index (χ2v) is 15.2. The molecule has 29 heavy (non-hydrogen) atoms. The molecule has 0 saturated carbocycles. The van der Waals surface area contributed by atoms with E-state index in [9.17, 15) is 0 Å². The topological polar surface area (TPSA) is 0 Å². The molecule has 0 atom stereocenters. The molecule has 0 heterocycles. The van der Waals surface area contributed by atoms with Crippen LogP contribution in [0.5, 0.6) is 0 Å². The molecule has 0 bridgehead atoms. The van der Waals surface area contributed by atoms with Crippen LogP contribution in [0.15, 0.2) is 97.1 Å². The molecule has 1 heteroatoms. The van der Waals surface area contributed by atoms with E-state index < -0.39 is 13.6 Å². The van der Waals surface area contributed by atoms with Gasteiger partial charge in [-0.3, -0.25) is 0 Å². The summed E-state index contributed by atoms with van der Waals surface area (Å²) in [7, 11) is 0. The van der Waals surface area contributed by atoms with Gasteiger partial charge >= 0.3 is 178 Å². The van der Waals surface area contributed by atoms with E-state index in [0.29, 0.717) is 0 Å². The molecule has 0 radical (unpaired) electrons. The summed E-state index contributed by atoms with van der Waals surface area (Å²) in [5.74, 6) is 0. The third-order valence-electron chi connectivity index (χ3n) is 5.69. The van der Waals surface area contributed by atoms with Gasteiger partial charge in [0.2, 0.25) is 0 Å². The van der Waals surface area contributed by atoms with Gasteiger partial charge < -0.3 is 0 Å². The summed E-state index contributed by atoms with van der Waals surface area (Å²) in [5.41, 5.74) is 5.22. The van der Waals surface area contributed by atoms with Crippen LogP contribution >= 0.6 is 0 Å². The van der Waals surface area contributed by atoms with Gasteiger partial charge in [-0.05, 0) is 0 Å². The zero-order valence-electron chi connectivity index (χ0n) is 17.7. The van der Waals surface area contributed by atoms with E-state index in [1.54, 1.807) is 0 Å². The average molecular weight is 439 g/mol. The minimum atomic E-state index is -2.87. The van der Waals surface area contributed by atoms with E-state index in [-0.39, 0.29) is 0 Å². The third-order valence-corrected chi connectivity index (χ3v) is 14.7. The van der Waals surface area contributed by atoms with Crippen molar-refractivity contribution >= 4 is 31.0 Å². The Morgan fingerprint density at radius 2 is 0.483 bits per heavy atom. The average Bonchev–Trinajstić information content (AvgIpc) is 2.73. The van der Waals surface area contributed by atoms with Crippen LogP contribution in [-0.4, -0.2) is 13.6 Å². The normalized spacial score (nSPS) is 11.4. The van der Waals surface area contributed by atoms with Gasteiger partial charge in [-0.25, -0.2) is 0 Å². The van der Waals surface area contributed by atoms with Gasteiger partial charge in [-0.1, -0.05) is 0 Å². The standard InChI is InChI=1S/C28H28As/c1-21-5-13-25(14-6-21)29(26-15-7-22(2)8-16-26,27-17-9-23(3)10-18-27)28-19-11-24(4)12-20-28/h5-20H,1-4H3/q+1. The SMILES string of the molecule is Cc1ccc([As+](c2ccc(C)cc2)(c2ccc(C)cc2)c2ccc(C)cc2)cc1. The molecule has 0 amide bonds. The van der Waals surface area contributed by atoms with Crippen LogP contribution in [0.3, 0.4) is 0 Å². The molecule has 4 rings (SSSR count). The molecule has 0 aliphatic carbocycles. The first-order valence-electron chi connectivity index (χ1n) is 10.2. The molecule has 0 aliphatic rings. The van der Waals surface area contributed by atoms with E-state index in [4.69, 9.17) is 0 Å². The molecule has 0 saturated heterocycles. The van der Waals surface area contributed by atoms with Gasteiger partial charge in [0.25, 0.3) is 0 Å². The fourth-order valence-corrected chi connectivity index (χ4v) is 12.7. The molecule has 0 unspecified atom stereocenters. The summed E-state index contributed by atoms with van der Waals surface area (Å²) in [4.78, 5) is 0. The zero-order chi connectivity index (χ0) is 20.4. The first-order chi connectivity index (χ1) is 14.0. The van der Waals surface area contributed by atoms with Crippen molar-refractivity contribution < 1.29 is 0 Å². The summed E-state index contributed by atoms with van der Waals surface area (Å²) in [6.45, 7) is 8.67. The van der Waals surface area contributed by atoms with Crippen molar-refractivity contribution in [3.63, 3.8) is 0 Å². The molecule has 4 aromatic carbocycles. The molecular formula is C28H28As+. The number of hydrogen-bond donors (Lipinski definition) is 0. The number of aryl methyl sites for hydroxylation is 4. The van der Waals surface area contributed by atoms with Crippen molar-refractivity contribution in [2.75, 3.05) is 0 Å². The van der Waals surface area contributed by atoms with Gasteiger partial charge in [0.15, 0.2) is 0 Å². The van der Waals surface area contributed by atoms with Gasteiger partial charge in [-0.2, -0.15) is 0 Å². The molecule has 0 aliphatic heterocycles. The molecule has 4 aromatic rings. The minimum absolute atomic E-state index is 1.30. The van der Waals surface area contributed by atoms with Crippen LogP contribution in [-0.2, 0) is 0 Å². The molecular weight excluding hydrogens is 411 g/mol. The molecule has 0 nitrogen and oxygen atoms in total. The summed E-state index contributed by atoms with van der Waals surface area (Å²) in [6, 6.07) is 37.0. The summed E-state index contributed by atoms with van der Waals surface area (Å²) < 4.78 is 5.85. The molecule has 0 aromatic heterocycles. The first kappa shape index (κ1) is 19.7. The molecule has 144 valence electrons. The first-order valence-corrected chi connectivity index (χ1v) is 13.9. The number of benzene rings is 4. The monoisotopic (exact) mass is 439 g/mol. The molecule has 0 spiro atoms. The quantitative estimate of drug-likeness (QED) is 0.416. The summed E-state index contributed by atoms with van der Waals surface area (Å²) in [5, 5.41) is 0. The van der Waals surface area contributed by atoms with Crippen LogP contribution in [0.25, 0.3) is 0 Å². The fourth-order valence-electron chi connectivity index (χ4n) is 3.97. The van der Waals surface area contributed by atoms with Crippen molar-refractivity contribution in [3.05, 3.63) is 119 Å². The zero-order valence-corrected chi connectivity index (χ0v) is 19.6. The van der Waals surface area contributed by atoms with Crippen LogP contribution < -0.4 is 17.4 Å². The Balaban J connectivity index is 2.11. The van der Waals surface area contributed by atoms with Crippen molar-refractivity contribution in [1.29, 1.82) is 0 Å². The van der Waals surface area contributed by atoms with E-state index in [1.807, 2.05) is 0 Å². The van der Waals surface area contributed by atoms with Crippen molar-refractivity contribution in [3.8, 4) is 0 Å². The number of rotatable bonds is 4. The van der Waals surface area contributed by atoms with E-state index in [2.05, 4.69) is 125 Å². The number of hydrogen-bond acceptors (Lipinski definition) is 0. The van der Waals surface area contributed by atoms with E-state index >= 15 is 0 Å². The second-order valence-electron chi connectivity index (χ2n) is 8.01. The van der Waals surface area contributed by atoms with Crippen LogP contribution in [0.1, 0.15) is 22.3 Å². The van der Waals surface area contributed by atoms with Gasteiger partial charge in [0.1, 0.15) is 0 Å². The Kier molecular flexibility index (Phi) is 5.48. The maximum absolute atomic E-state index is 2.87. The summed E-state index contributed by atoms with van der Waals surface area (Å²) >= 11 is -2.87. The van der Waals surface area contributed by atoms with Crippen LogP contribution in [0.4, 0.5) is 0 Å². The Morgan fingerprint density at radius 1 is 0.310 bits per heavy atom. The van der Waals surface area contributed by atoms with Crippen molar-refractivity contribution in [2.24, 2.45) is 0 Å². The van der Waals surface area contributed by atoms with Gasteiger partial charge in [-0.15, -0.1) is 0 Å². The summed E-state index contributed by atoms with van der Waals surface area (Å²) in [6.07, 6.45) is 0. The molecule has 0 fully saturated rings. The van der Waals surface area contributed by atoms with Crippen molar-refractivity contribution in [2.45, 2.75) is 27.7 Å². The Morgan fingerprint density at radius 3 is 0.655 bits per heavy atom. The van der Waals surface area contributed by atoms with Gasteiger partial charge in [0, 0.05) is 0 Å². The van der Waals surface area contributed by atoms with Crippen LogP contribution in [0, 0.1) is 27.7 Å². The van der Waals surface area contributed by atoms with Crippen molar-refractivity contribution in [1.82, 2.24) is 0 Å². The predicted octanol–water partition coefficient (Wildman–Crippen LogP) is 4.30. The van der Waals surface area contributed by atoms with Gasteiger partial charge in [0.05, 0.1) is 0 Å². The maximum atomic E-state index is 2.36. The Bertz CT molecular complexity index is 900. The Labute approximate surface area is 177 Å². The second kappa shape index (κ2) is 8.05. The third kappa shape index (κ3) is 3.70. The predicted molar refractivity (Wildman–Crippen MR) is 129 cm³/mol. The van der Waals surface area contributed by atoms with E-state index in [1.165, 1.54) is 39.7 Å². The molecule has 0 N–H and O–H groups in total. The fraction of sp³-hybridized carbons (Fsp3) is 0.143.